The molecule has 8 heteroatoms. The number of benzene rings is 1. The van der Waals surface area contributed by atoms with Crippen molar-refractivity contribution < 1.29 is 8.42 Å². The summed E-state index contributed by atoms with van der Waals surface area (Å²) in [7, 11) is -3.63. The quantitative estimate of drug-likeness (QED) is 0.834. The molecule has 1 aromatic heterocycles. The van der Waals surface area contributed by atoms with Gasteiger partial charge in [-0.1, -0.05) is 41.6 Å². The van der Waals surface area contributed by atoms with Crippen LogP contribution in [-0.4, -0.2) is 19.2 Å². The van der Waals surface area contributed by atoms with E-state index in [2.05, 4.69) is 11.9 Å². The zero-order chi connectivity index (χ0) is 14.8. The molecule has 0 amide bonds. The SMILES string of the molecule is CCCSc1nc(N)c(S(=O)(=O)c2ccc(Cl)cc2)s1. The number of thiazole rings is 1. The number of sulfone groups is 1. The van der Waals surface area contributed by atoms with E-state index in [1.54, 1.807) is 12.1 Å². The molecule has 2 aromatic rings. The Morgan fingerprint density at radius 1 is 1.35 bits per heavy atom. The first-order valence-electron chi connectivity index (χ1n) is 5.85. The van der Waals surface area contributed by atoms with Crippen LogP contribution in [0.3, 0.4) is 0 Å². The molecule has 0 saturated heterocycles. The van der Waals surface area contributed by atoms with Crippen LogP contribution in [0.4, 0.5) is 5.82 Å². The average molecular weight is 349 g/mol. The highest BCUT2D eigenvalue weighted by molar-refractivity contribution is 8.01. The van der Waals surface area contributed by atoms with Gasteiger partial charge in [0.2, 0.25) is 9.84 Å². The summed E-state index contributed by atoms with van der Waals surface area (Å²) < 4.78 is 25.8. The summed E-state index contributed by atoms with van der Waals surface area (Å²) in [6.45, 7) is 2.05. The van der Waals surface area contributed by atoms with Crippen molar-refractivity contribution in [3.63, 3.8) is 0 Å². The summed E-state index contributed by atoms with van der Waals surface area (Å²) in [4.78, 5) is 4.28. The molecule has 0 saturated carbocycles. The van der Waals surface area contributed by atoms with Crippen LogP contribution in [0.1, 0.15) is 13.3 Å². The molecule has 20 heavy (non-hydrogen) atoms. The molecule has 1 aromatic carbocycles. The minimum absolute atomic E-state index is 0.0588. The number of nitrogens with two attached hydrogens (primary N) is 1. The predicted octanol–water partition coefficient (Wildman–Crippen LogP) is 3.71. The van der Waals surface area contributed by atoms with Crippen molar-refractivity contribution in [1.82, 2.24) is 4.98 Å². The van der Waals surface area contributed by atoms with Gasteiger partial charge >= 0.3 is 0 Å². The number of aromatic nitrogens is 1. The molecule has 0 aliphatic rings. The molecule has 0 fully saturated rings. The maximum Gasteiger partial charge on any atom is 0.219 e. The first-order valence-corrected chi connectivity index (χ1v) is 9.51. The van der Waals surface area contributed by atoms with Crippen LogP contribution < -0.4 is 5.73 Å². The minimum Gasteiger partial charge on any atom is -0.382 e. The van der Waals surface area contributed by atoms with Gasteiger partial charge in [0, 0.05) is 10.8 Å². The van der Waals surface area contributed by atoms with E-state index in [9.17, 15) is 8.42 Å². The summed E-state index contributed by atoms with van der Waals surface area (Å²) in [5.74, 6) is 0.941. The number of hydrogen-bond donors (Lipinski definition) is 1. The van der Waals surface area contributed by atoms with Crippen molar-refractivity contribution in [2.75, 3.05) is 11.5 Å². The highest BCUT2D eigenvalue weighted by atomic mass is 35.5. The molecule has 1 heterocycles. The number of anilines is 1. The monoisotopic (exact) mass is 348 g/mol. The normalized spacial score (nSPS) is 11.7. The summed E-state index contributed by atoms with van der Waals surface area (Å²) in [6, 6.07) is 6.02. The highest BCUT2D eigenvalue weighted by Gasteiger charge is 2.25. The van der Waals surface area contributed by atoms with E-state index in [0.717, 1.165) is 23.5 Å². The maximum absolute atomic E-state index is 12.5. The zero-order valence-electron chi connectivity index (χ0n) is 10.7. The van der Waals surface area contributed by atoms with Gasteiger partial charge in [-0.2, -0.15) is 0 Å². The Morgan fingerprint density at radius 3 is 2.60 bits per heavy atom. The average Bonchev–Trinajstić information content (AvgIpc) is 2.79. The van der Waals surface area contributed by atoms with Gasteiger partial charge in [0.25, 0.3) is 0 Å². The summed E-state index contributed by atoms with van der Waals surface area (Å²) in [6.07, 6.45) is 0.990. The number of halogens is 1. The van der Waals surface area contributed by atoms with E-state index >= 15 is 0 Å². The Morgan fingerprint density at radius 2 is 2.00 bits per heavy atom. The van der Waals surface area contributed by atoms with Crippen molar-refractivity contribution >= 4 is 50.4 Å². The molecule has 0 radical (unpaired) electrons. The van der Waals surface area contributed by atoms with Crippen LogP contribution in [0.2, 0.25) is 5.02 Å². The first kappa shape index (κ1) is 15.6. The standard InChI is InChI=1S/C12H13ClN2O2S3/c1-2-7-18-12-15-10(14)11(19-12)20(16,17)9-5-3-8(13)4-6-9/h3-6H,2,7,14H2,1H3. The van der Waals surface area contributed by atoms with Gasteiger partial charge in [0.1, 0.15) is 0 Å². The second-order valence-corrected chi connectivity index (χ2v) is 8.88. The molecular weight excluding hydrogens is 336 g/mol. The van der Waals surface area contributed by atoms with Crippen LogP contribution in [0.25, 0.3) is 0 Å². The molecule has 0 aliphatic carbocycles. The van der Waals surface area contributed by atoms with Crippen molar-refractivity contribution in [3.8, 4) is 0 Å². The number of thioether (sulfide) groups is 1. The second kappa shape index (κ2) is 6.34. The Balaban J connectivity index is 2.39. The zero-order valence-corrected chi connectivity index (χ0v) is 13.9. The van der Waals surface area contributed by atoms with Gasteiger partial charge in [-0.05, 0) is 30.7 Å². The lowest BCUT2D eigenvalue weighted by Gasteiger charge is -2.02. The lowest BCUT2D eigenvalue weighted by atomic mass is 10.4. The third-order valence-corrected chi connectivity index (χ3v) is 7.36. The van der Waals surface area contributed by atoms with Crippen molar-refractivity contribution in [1.29, 1.82) is 0 Å². The third-order valence-electron chi connectivity index (χ3n) is 2.40. The third kappa shape index (κ3) is 3.28. The molecule has 0 atom stereocenters. The predicted molar refractivity (Wildman–Crippen MR) is 84.4 cm³/mol. The van der Waals surface area contributed by atoms with E-state index in [1.807, 2.05) is 0 Å². The van der Waals surface area contributed by atoms with Crippen molar-refractivity contribution in [3.05, 3.63) is 29.3 Å². The van der Waals surface area contributed by atoms with E-state index in [4.69, 9.17) is 17.3 Å². The Kier molecular flexibility index (Phi) is 4.95. The first-order chi connectivity index (χ1) is 9.45. The molecule has 108 valence electrons. The Hall–Kier alpha value is -0.760. The highest BCUT2D eigenvalue weighted by Crippen LogP contribution is 2.36. The van der Waals surface area contributed by atoms with Crippen molar-refractivity contribution in [2.45, 2.75) is 26.8 Å². The van der Waals surface area contributed by atoms with Crippen LogP contribution >= 0.6 is 34.7 Å². The maximum atomic E-state index is 12.5. The molecular formula is C12H13ClN2O2S3. The molecule has 0 bridgehead atoms. The van der Waals surface area contributed by atoms with Gasteiger partial charge in [-0.25, -0.2) is 13.4 Å². The van der Waals surface area contributed by atoms with E-state index in [1.165, 1.54) is 23.9 Å². The van der Waals surface area contributed by atoms with E-state index in [0.29, 0.717) is 9.36 Å². The van der Waals surface area contributed by atoms with Crippen LogP contribution in [0.5, 0.6) is 0 Å². The van der Waals surface area contributed by atoms with Gasteiger partial charge in [0.15, 0.2) is 14.4 Å². The number of hydrogen-bond acceptors (Lipinski definition) is 6. The van der Waals surface area contributed by atoms with Gasteiger partial charge in [-0.15, -0.1) is 0 Å². The lowest BCUT2D eigenvalue weighted by molar-refractivity contribution is 0.598. The minimum atomic E-state index is -3.63. The fraction of sp³-hybridized carbons (Fsp3) is 0.250. The van der Waals surface area contributed by atoms with E-state index < -0.39 is 9.84 Å². The van der Waals surface area contributed by atoms with Crippen LogP contribution in [0, 0.1) is 0 Å². The largest absolute Gasteiger partial charge is 0.382 e. The molecule has 0 aliphatic heterocycles. The topological polar surface area (TPSA) is 73.0 Å². The summed E-state index contributed by atoms with van der Waals surface area (Å²) in [5.41, 5.74) is 5.75. The van der Waals surface area contributed by atoms with E-state index in [-0.39, 0.29) is 14.9 Å². The summed E-state index contributed by atoms with van der Waals surface area (Å²) >= 11 is 8.39. The second-order valence-electron chi connectivity index (χ2n) is 3.96. The van der Waals surface area contributed by atoms with Crippen molar-refractivity contribution in [2.24, 2.45) is 0 Å². The number of nitrogens with zero attached hydrogens (tertiary/aromatic N) is 1. The number of rotatable bonds is 5. The fourth-order valence-corrected chi connectivity index (χ4v) is 5.47. The Bertz CT molecular complexity index is 696. The molecule has 0 spiro atoms. The van der Waals surface area contributed by atoms with Gasteiger partial charge in [-0.3, -0.25) is 0 Å². The molecule has 2 N–H and O–H groups in total. The van der Waals surface area contributed by atoms with Crippen LogP contribution in [-0.2, 0) is 9.84 Å². The van der Waals surface area contributed by atoms with Gasteiger partial charge in [0.05, 0.1) is 4.90 Å². The van der Waals surface area contributed by atoms with Gasteiger partial charge < -0.3 is 5.73 Å². The fourth-order valence-electron chi connectivity index (χ4n) is 1.46. The number of nitrogen functional groups attached to an aromatic ring is 1. The summed E-state index contributed by atoms with van der Waals surface area (Å²) in [5, 5.41) is 0.486. The molecule has 0 unspecified atom stereocenters. The molecule has 2 rings (SSSR count). The van der Waals surface area contributed by atoms with Crippen LogP contribution in [0.15, 0.2) is 37.7 Å². The lowest BCUT2D eigenvalue weighted by Crippen LogP contribution is -2.02. The smallest absolute Gasteiger partial charge is 0.219 e. The molecule has 4 nitrogen and oxygen atoms in total. The Labute approximate surface area is 131 Å².